The lowest BCUT2D eigenvalue weighted by molar-refractivity contribution is -0.153. The zero-order valence-corrected chi connectivity index (χ0v) is 18.8. The maximum Gasteiger partial charge on any atom is 0.306 e. The lowest BCUT2D eigenvalue weighted by Gasteiger charge is -2.29. The number of ether oxygens (including phenoxy) is 1. The lowest BCUT2D eigenvalue weighted by Crippen LogP contribution is -2.46. The number of esters is 1. The van der Waals surface area contributed by atoms with Crippen LogP contribution in [0.4, 0.5) is 0 Å². The van der Waals surface area contributed by atoms with Crippen LogP contribution < -0.4 is 0 Å². The Labute approximate surface area is 184 Å². The summed E-state index contributed by atoms with van der Waals surface area (Å²) >= 11 is 0. The minimum Gasteiger partial charge on any atom is -0.466 e. The average Bonchev–Trinajstić information content (AvgIpc) is 3.02. The molecule has 0 N–H and O–H groups in total. The largest absolute Gasteiger partial charge is 0.466 e. The predicted molar refractivity (Wildman–Crippen MR) is 120 cm³/mol. The van der Waals surface area contributed by atoms with Gasteiger partial charge < -0.3 is 4.74 Å². The van der Waals surface area contributed by atoms with Gasteiger partial charge in [0.05, 0.1) is 18.9 Å². The van der Waals surface area contributed by atoms with E-state index in [1.807, 2.05) is 51.1 Å². The van der Waals surface area contributed by atoms with Crippen LogP contribution in [0.5, 0.6) is 0 Å². The van der Waals surface area contributed by atoms with Gasteiger partial charge in [0.1, 0.15) is 0 Å². The fourth-order valence-corrected chi connectivity index (χ4v) is 4.04. The van der Waals surface area contributed by atoms with Gasteiger partial charge in [-0.25, -0.2) is 0 Å². The summed E-state index contributed by atoms with van der Waals surface area (Å²) in [5, 5.41) is 0. The molecule has 1 aliphatic rings. The molecule has 0 aromatic heterocycles. The van der Waals surface area contributed by atoms with E-state index < -0.39 is 17.3 Å². The molecule has 0 spiro atoms. The Morgan fingerprint density at radius 1 is 1.00 bits per heavy atom. The predicted octanol–water partition coefficient (Wildman–Crippen LogP) is 4.64. The van der Waals surface area contributed by atoms with E-state index in [2.05, 4.69) is 24.3 Å². The summed E-state index contributed by atoms with van der Waals surface area (Å²) in [4.78, 5) is 39.5. The maximum atomic E-state index is 13.1. The third-order valence-electron chi connectivity index (χ3n) is 5.62. The fourth-order valence-electron chi connectivity index (χ4n) is 4.04. The molecular formula is C26H31NO4. The summed E-state index contributed by atoms with van der Waals surface area (Å²) in [7, 11) is 0. The van der Waals surface area contributed by atoms with Gasteiger partial charge in [-0.1, -0.05) is 75.4 Å². The zero-order chi connectivity index (χ0) is 22.6. The number of likely N-dealkylation sites (tertiary alicyclic amines) is 1. The Hall–Kier alpha value is -2.95. The van der Waals surface area contributed by atoms with Crippen LogP contribution in [0.15, 0.2) is 54.6 Å². The average molecular weight is 422 g/mol. The van der Waals surface area contributed by atoms with Crippen molar-refractivity contribution in [2.75, 3.05) is 6.61 Å². The number of hydrogen-bond acceptors (Lipinski definition) is 4. The molecule has 2 atom stereocenters. The molecule has 5 nitrogen and oxygen atoms in total. The first kappa shape index (κ1) is 22.7. The topological polar surface area (TPSA) is 63.7 Å². The highest BCUT2D eigenvalue weighted by molar-refractivity contribution is 6.01. The van der Waals surface area contributed by atoms with Gasteiger partial charge in [0.2, 0.25) is 11.8 Å². The van der Waals surface area contributed by atoms with Crippen molar-refractivity contribution in [1.29, 1.82) is 0 Å². The Morgan fingerprint density at radius 3 is 2.19 bits per heavy atom. The Morgan fingerprint density at radius 2 is 1.61 bits per heavy atom. The summed E-state index contributed by atoms with van der Waals surface area (Å²) in [5.41, 5.74) is 2.64. The molecule has 2 aromatic carbocycles. The molecule has 1 fully saturated rings. The maximum absolute atomic E-state index is 13.1. The summed E-state index contributed by atoms with van der Waals surface area (Å²) in [6.45, 7) is 7.46. The van der Waals surface area contributed by atoms with Crippen molar-refractivity contribution < 1.29 is 19.1 Å². The molecule has 5 heteroatoms. The molecular weight excluding hydrogens is 390 g/mol. The van der Waals surface area contributed by atoms with Crippen LogP contribution in [0.25, 0.3) is 11.1 Å². The zero-order valence-electron chi connectivity index (χ0n) is 18.8. The van der Waals surface area contributed by atoms with Crippen LogP contribution in [-0.4, -0.2) is 35.3 Å². The normalized spacial score (nSPS) is 18.8. The number of rotatable bonds is 6. The Balaban J connectivity index is 1.80. The van der Waals surface area contributed by atoms with Crippen molar-refractivity contribution in [3.63, 3.8) is 0 Å². The monoisotopic (exact) mass is 421 g/mol. The van der Waals surface area contributed by atoms with Crippen molar-refractivity contribution in [3.8, 4) is 11.1 Å². The fraction of sp³-hybridized carbons (Fsp3) is 0.423. The van der Waals surface area contributed by atoms with Crippen molar-refractivity contribution >= 4 is 17.8 Å². The molecule has 0 radical (unpaired) electrons. The molecule has 31 heavy (non-hydrogen) atoms. The van der Waals surface area contributed by atoms with E-state index in [-0.39, 0.29) is 30.9 Å². The molecule has 164 valence electrons. The van der Waals surface area contributed by atoms with E-state index in [0.717, 1.165) is 16.7 Å². The highest BCUT2D eigenvalue weighted by atomic mass is 16.5. The summed E-state index contributed by atoms with van der Waals surface area (Å²) in [6, 6.07) is 18.1. The van der Waals surface area contributed by atoms with E-state index in [1.54, 1.807) is 6.92 Å². The van der Waals surface area contributed by atoms with Crippen LogP contribution in [0.3, 0.4) is 0 Å². The summed E-state index contributed by atoms with van der Waals surface area (Å²) in [5.74, 6) is -1.37. The second-order valence-electron chi connectivity index (χ2n) is 9.13. The molecule has 1 unspecified atom stereocenters. The molecule has 3 rings (SSSR count). The third kappa shape index (κ3) is 5.40. The molecule has 0 saturated carbocycles. The molecule has 0 bridgehead atoms. The number of carbonyl (C=O) groups excluding carboxylic acids is 3. The lowest BCUT2D eigenvalue weighted by atomic mass is 9.93. The van der Waals surface area contributed by atoms with Gasteiger partial charge in [-0.15, -0.1) is 0 Å². The van der Waals surface area contributed by atoms with Crippen LogP contribution in [0, 0.1) is 11.3 Å². The summed E-state index contributed by atoms with van der Waals surface area (Å²) < 4.78 is 5.03. The number of imide groups is 1. The van der Waals surface area contributed by atoms with Gasteiger partial charge in [-0.2, -0.15) is 0 Å². The van der Waals surface area contributed by atoms with E-state index in [0.29, 0.717) is 12.8 Å². The van der Waals surface area contributed by atoms with E-state index in [1.165, 1.54) is 4.90 Å². The van der Waals surface area contributed by atoms with Crippen molar-refractivity contribution in [1.82, 2.24) is 4.90 Å². The quantitative estimate of drug-likeness (QED) is 0.638. The van der Waals surface area contributed by atoms with Gasteiger partial charge >= 0.3 is 5.97 Å². The van der Waals surface area contributed by atoms with Crippen LogP contribution in [0.2, 0.25) is 0 Å². The minimum atomic E-state index is -0.677. The van der Waals surface area contributed by atoms with Crippen molar-refractivity contribution in [2.24, 2.45) is 11.3 Å². The first-order chi connectivity index (χ1) is 14.7. The number of nitrogens with zero attached hydrogens (tertiary/aromatic N) is 1. The molecule has 0 aliphatic carbocycles. The minimum absolute atomic E-state index is 0.0179. The Kier molecular flexibility index (Phi) is 6.94. The van der Waals surface area contributed by atoms with Gasteiger partial charge in [-0.3, -0.25) is 19.3 Å². The van der Waals surface area contributed by atoms with Gasteiger partial charge in [0, 0.05) is 11.5 Å². The molecule has 1 heterocycles. The number of amides is 2. The van der Waals surface area contributed by atoms with Gasteiger partial charge in [0.25, 0.3) is 0 Å². The molecule has 1 saturated heterocycles. The first-order valence-electron chi connectivity index (χ1n) is 10.9. The number of hydrogen-bond donors (Lipinski definition) is 0. The van der Waals surface area contributed by atoms with Gasteiger partial charge in [-0.05, 0) is 36.5 Å². The smallest absolute Gasteiger partial charge is 0.306 e. The molecule has 2 amide bonds. The van der Waals surface area contributed by atoms with Gasteiger partial charge in [0.15, 0.2) is 0 Å². The number of carbonyl (C=O) groups is 3. The SMILES string of the molecule is CCOC(=O)CC1C[C@@H](Cc2ccc(-c3ccccc3)cc2)N(C(=O)C(C)(C)C)C1=O. The van der Waals surface area contributed by atoms with Crippen LogP contribution >= 0.6 is 0 Å². The molecule has 2 aromatic rings. The highest BCUT2D eigenvalue weighted by Crippen LogP contribution is 2.34. The van der Waals surface area contributed by atoms with E-state index >= 15 is 0 Å². The number of benzene rings is 2. The second-order valence-corrected chi connectivity index (χ2v) is 9.13. The molecule has 1 aliphatic heterocycles. The van der Waals surface area contributed by atoms with Crippen LogP contribution in [-0.2, 0) is 25.5 Å². The Bertz CT molecular complexity index is 928. The third-order valence-corrected chi connectivity index (χ3v) is 5.62. The summed E-state index contributed by atoms with van der Waals surface area (Å²) in [6.07, 6.45) is 1.06. The van der Waals surface area contributed by atoms with Crippen molar-refractivity contribution in [3.05, 3.63) is 60.2 Å². The van der Waals surface area contributed by atoms with Crippen LogP contribution in [0.1, 0.15) is 46.1 Å². The second kappa shape index (κ2) is 9.46. The standard InChI is InChI=1S/C26H31NO4/c1-5-31-23(28)17-21-16-22(27(24(21)29)25(30)26(2,3)4)15-18-11-13-20(14-12-18)19-9-7-6-8-10-19/h6-14,21-22H,5,15-17H2,1-4H3/t21?,22-/m1/s1. The van der Waals surface area contributed by atoms with E-state index in [9.17, 15) is 14.4 Å². The van der Waals surface area contributed by atoms with E-state index in [4.69, 9.17) is 4.74 Å². The van der Waals surface area contributed by atoms with Crippen molar-refractivity contribution in [2.45, 2.75) is 53.0 Å². The first-order valence-corrected chi connectivity index (χ1v) is 10.9. The highest BCUT2D eigenvalue weighted by Gasteiger charge is 2.46.